The number of nitrogens with zero attached hydrogens (tertiary/aromatic N) is 1. The molecule has 0 aliphatic carbocycles. The topological polar surface area (TPSA) is 60.5 Å². The molecule has 1 amide bonds. The molecule has 0 atom stereocenters. The third kappa shape index (κ3) is 4.74. The molecule has 0 radical (unpaired) electrons. The van der Waals surface area contributed by atoms with Crippen LogP contribution in [0.1, 0.15) is 10.6 Å². The summed E-state index contributed by atoms with van der Waals surface area (Å²) in [5, 5.41) is 5.90. The lowest BCUT2D eigenvalue weighted by Gasteiger charge is -2.07. The van der Waals surface area contributed by atoms with E-state index in [-0.39, 0.29) is 5.91 Å². The van der Waals surface area contributed by atoms with Crippen LogP contribution in [-0.4, -0.2) is 25.1 Å². The van der Waals surface area contributed by atoms with Crippen LogP contribution in [0.4, 0.5) is 5.69 Å². The number of rotatable bonds is 6. The summed E-state index contributed by atoms with van der Waals surface area (Å²) in [5.74, 6) is 1.12. The van der Waals surface area contributed by atoms with E-state index in [1.165, 1.54) is 6.08 Å². The summed E-state index contributed by atoms with van der Waals surface area (Å²) in [6.07, 6.45) is 3.18. The Hall–Kier alpha value is -3.12. The smallest absolute Gasteiger partial charge is 0.248 e. The van der Waals surface area contributed by atoms with Crippen LogP contribution in [-0.2, 0) is 4.79 Å². The van der Waals surface area contributed by atoms with Gasteiger partial charge in [0.25, 0.3) is 0 Å². The molecule has 0 fully saturated rings. The van der Waals surface area contributed by atoms with Crippen molar-refractivity contribution >= 4 is 29.0 Å². The zero-order valence-corrected chi connectivity index (χ0v) is 16.2. The van der Waals surface area contributed by atoms with Crippen molar-refractivity contribution in [1.82, 2.24) is 4.98 Å². The number of hydrogen-bond acceptors (Lipinski definition) is 5. The summed E-state index contributed by atoms with van der Waals surface area (Å²) in [5.41, 5.74) is 3.49. The second-order valence-corrected chi connectivity index (χ2v) is 6.82. The average Bonchev–Trinajstić information content (AvgIpc) is 3.13. The highest BCUT2D eigenvalue weighted by Crippen LogP contribution is 2.26. The zero-order valence-electron chi connectivity index (χ0n) is 15.4. The van der Waals surface area contributed by atoms with Gasteiger partial charge in [-0.3, -0.25) is 4.79 Å². The van der Waals surface area contributed by atoms with E-state index < -0.39 is 0 Å². The molecule has 1 aromatic heterocycles. The Bertz CT molecular complexity index is 962. The van der Waals surface area contributed by atoms with Gasteiger partial charge in [-0.1, -0.05) is 12.1 Å². The van der Waals surface area contributed by atoms with Crippen LogP contribution >= 0.6 is 11.3 Å². The first-order valence-electron chi connectivity index (χ1n) is 8.32. The van der Waals surface area contributed by atoms with Gasteiger partial charge in [-0.2, -0.15) is 0 Å². The van der Waals surface area contributed by atoms with Crippen molar-refractivity contribution in [3.05, 3.63) is 64.5 Å². The second kappa shape index (κ2) is 8.51. The Labute approximate surface area is 162 Å². The molecule has 6 heteroatoms. The number of anilines is 1. The minimum absolute atomic E-state index is 0.217. The third-order valence-corrected chi connectivity index (χ3v) is 4.70. The lowest BCUT2D eigenvalue weighted by atomic mass is 10.1. The van der Waals surface area contributed by atoms with Gasteiger partial charge in [0.15, 0.2) is 0 Å². The largest absolute Gasteiger partial charge is 0.497 e. The molecular formula is C21H20N2O3S. The molecule has 0 unspecified atom stereocenters. The number of thiazole rings is 1. The summed E-state index contributed by atoms with van der Waals surface area (Å²) in [7, 11) is 3.18. The summed E-state index contributed by atoms with van der Waals surface area (Å²) >= 11 is 1.62. The maximum absolute atomic E-state index is 12.2. The van der Waals surface area contributed by atoms with E-state index in [1.807, 2.05) is 48.7 Å². The van der Waals surface area contributed by atoms with Gasteiger partial charge in [-0.25, -0.2) is 4.98 Å². The molecule has 5 nitrogen and oxygen atoms in total. The van der Waals surface area contributed by atoms with Crippen molar-refractivity contribution in [3.8, 4) is 22.8 Å². The minimum Gasteiger partial charge on any atom is -0.497 e. The zero-order chi connectivity index (χ0) is 19.2. The first-order valence-corrected chi connectivity index (χ1v) is 9.20. The van der Waals surface area contributed by atoms with E-state index in [0.717, 1.165) is 27.5 Å². The highest BCUT2D eigenvalue weighted by molar-refractivity contribution is 7.09. The van der Waals surface area contributed by atoms with Crippen LogP contribution < -0.4 is 14.8 Å². The quantitative estimate of drug-likeness (QED) is 0.625. The summed E-state index contributed by atoms with van der Waals surface area (Å²) in [6.45, 7) is 1.98. The molecule has 0 bridgehead atoms. The Morgan fingerprint density at radius 3 is 2.52 bits per heavy atom. The monoisotopic (exact) mass is 380 g/mol. The molecule has 1 heterocycles. The lowest BCUT2D eigenvalue weighted by Crippen LogP contribution is -2.07. The molecule has 2 aromatic carbocycles. The second-order valence-electron chi connectivity index (χ2n) is 5.76. The number of carbonyl (C=O) groups excluding carboxylic acids is 1. The van der Waals surface area contributed by atoms with Gasteiger partial charge >= 0.3 is 0 Å². The lowest BCUT2D eigenvalue weighted by molar-refractivity contribution is -0.111. The fourth-order valence-electron chi connectivity index (χ4n) is 2.53. The highest BCUT2D eigenvalue weighted by Gasteiger charge is 2.05. The minimum atomic E-state index is -0.217. The number of benzene rings is 2. The molecule has 3 rings (SSSR count). The van der Waals surface area contributed by atoms with Crippen LogP contribution in [0.3, 0.4) is 0 Å². The van der Waals surface area contributed by atoms with E-state index in [2.05, 4.69) is 10.3 Å². The molecule has 138 valence electrons. The summed E-state index contributed by atoms with van der Waals surface area (Å²) in [4.78, 5) is 16.7. The Kier molecular flexibility index (Phi) is 5.88. The Morgan fingerprint density at radius 1 is 1.11 bits per heavy atom. The van der Waals surface area contributed by atoms with Gasteiger partial charge in [0.1, 0.15) is 11.5 Å². The SMILES string of the molecule is COc1ccc(/C=C/C(=O)Nc2ccc(-c3csc(C)n3)cc2)c(OC)c1. The number of methoxy groups -OCH3 is 2. The third-order valence-electron chi connectivity index (χ3n) is 3.92. The number of aromatic nitrogens is 1. The molecule has 0 spiro atoms. The normalized spacial score (nSPS) is 10.8. The van der Waals surface area contributed by atoms with Crippen molar-refractivity contribution in [1.29, 1.82) is 0 Å². The number of amides is 1. The molecule has 1 N–H and O–H groups in total. The predicted molar refractivity (Wildman–Crippen MR) is 109 cm³/mol. The van der Waals surface area contributed by atoms with E-state index in [4.69, 9.17) is 9.47 Å². The average molecular weight is 380 g/mol. The van der Waals surface area contributed by atoms with E-state index >= 15 is 0 Å². The fraction of sp³-hybridized carbons (Fsp3) is 0.143. The van der Waals surface area contributed by atoms with E-state index in [0.29, 0.717) is 11.5 Å². The van der Waals surface area contributed by atoms with Crippen molar-refractivity contribution < 1.29 is 14.3 Å². The van der Waals surface area contributed by atoms with Gasteiger partial charge in [0.2, 0.25) is 5.91 Å². The first-order chi connectivity index (χ1) is 13.1. The molecular weight excluding hydrogens is 360 g/mol. The molecule has 3 aromatic rings. The van der Waals surface area contributed by atoms with Crippen LogP contribution in [0.5, 0.6) is 11.5 Å². The van der Waals surface area contributed by atoms with Crippen LogP contribution in [0.25, 0.3) is 17.3 Å². The summed E-state index contributed by atoms with van der Waals surface area (Å²) < 4.78 is 10.5. The van der Waals surface area contributed by atoms with Crippen LogP contribution in [0.2, 0.25) is 0 Å². The van der Waals surface area contributed by atoms with Gasteiger partial charge in [0.05, 0.1) is 24.9 Å². The number of hydrogen-bond donors (Lipinski definition) is 1. The fourth-order valence-corrected chi connectivity index (χ4v) is 3.15. The van der Waals surface area contributed by atoms with Crippen molar-refractivity contribution in [2.75, 3.05) is 19.5 Å². The predicted octanol–water partition coefficient (Wildman–Crippen LogP) is 4.79. The van der Waals surface area contributed by atoms with Crippen LogP contribution in [0, 0.1) is 6.92 Å². The van der Waals surface area contributed by atoms with Gasteiger partial charge in [0, 0.05) is 34.3 Å². The maximum atomic E-state index is 12.2. The molecule has 0 saturated heterocycles. The maximum Gasteiger partial charge on any atom is 0.248 e. The van der Waals surface area contributed by atoms with Crippen LogP contribution in [0.15, 0.2) is 53.9 Å². The molecule has 27 heavy (non-hydrogen) atoms. The standard InChI is InChI=1S/C21H20N2O3S/c1-14-22-19(13-27-14)15-4-8-17(9-5-15)23-21(24)11-7-16-6-10-18(25-2)12-20(16)26-3/h4-13H,1-3H3,(H,23,24)/b11-7+. The first kappa shape index (κ1) is 18.7. The van der Waals surface area contributed by atoms with Crippen molar-refractivity contribution in [2.24, 2.45) is 0 Å². The molecule has 0 aliphatic rings. The highest BCUT2D eigenvalue weighted by atomic mass is 32.1. The van der Waals surface area contributed by atoms with Gasteiger partial charge in [-0.05, 0) is 37.3 Å². The van der Waals surface area contributed by atoms with Crippen molar-refractivity contribution in [3.63, 3.8) is 0 Å². The van der Waals surface area contributed by atoms with E-state index in [9.17, 15) is 4.79 Å². The van der Waals surface area contributed by atoms with Crippen molar-refractivity contribution in [2.45, 2.75) is 6.92 Å². The number of carbonyl (C=O) groups is 1. The molecule has 0 saturated carbocycles. The Morgan fingerprint density at radius 2 is 1.89 bits per heavy atom. The van der Waals surface area contributed by atoms with E-state index in [1.54, 1.807) is 37.7 Å². The number of aryl methyl sites for hydroxylation is 1. The number of ether oxygens (including phenoxy) is 2. The Balaban J connectivity index is 1.66. The van der Waals surface area contributed by atoms with Gasteiger partial charge in [-0.15, -0.1) is 11.3 Å². The van der Waals surface area contributed by atoms with Gasteiger partial charge < -0.3 is 14.8 Å². The number of nitrogens with one attached hydrogen (secondary N) is 1. The molecule has 0 aliphatic heterocycles. The summed E-state index contributed by atoms with van der Waals surface area (Å²) in [6, 6.07) is 13.1.